The van der Waals surface area contributed by atoms with Crippen LogP contribution in [0, 0.1) is 0 Å². The van der Waals surface area contributed by atoms with Crippen LogP contribution in [-0.4, -0.2) is 26.1 Å². The normalized spacial score (nSPS) is 12.8. The van der Waals surface area contributed by atoms with Crippen molar-refractivity contribution in [1.82, 2.24) is 5.32 Å². The van der Waals surface area contributed by atoms with E-state index in [9.17, 15) is 13.2 Å². The molecule has 28 heavy (non-hydrogen) atoms. The van der Waals surface area contributed by atoms with E-state index in [0.29, 0.717) is 6.54 Å². The summed E-state index contributed by atoms with van der Waals surface area (Å²) in [5.74, 6) is 0.663. The number of rotatable bonds is 8. The summed E-state index contributed by atoms with van der Waals surface area (Å²) in [5, 5.41) is 4.49. The van der Waals surface area contributed by atoms with Crippen LogP contribution < -0.4 is 5.32 Å². The largest absolute Gasteiger partial charge is 0.469 e. The predicted octanol–water partition coefficient (Wildman–Crippen LogP) is 4.01. The first-order chi connectivity index (χ1) is 13.4. The van der Waals surface area contributed by atoms with E-state index in [4.69, 9.17) is 4.42 Å². The first-order valence-electron chi connectivity index (χ1n) is 9.04. The molecule has 1 amide bonds. The maximum Gasteiger partial charge on any atom is 0.224 e. The molecule has 0 aliphatic heterocycles. The molecule has 3 aromatic rings. The second kappa shape index (κ2) is 8.75. The first kappa shape index (κ1) is 20.4. The van der Waals surface area contributed by atoms with Crippen molar-refractivity contribution in [3.8, 4) is 0 Å². The van der Waals surface area contributed by atoms with Crippen LogP contribution in [-0.2, 0) is 21.1 Å². The van der Waals surface area contributed by atoms with Crippen molar-refractivity contribution in [3.05, 3.63) is 76.4 Å². The zero-order valence-corrected chi connectivity index (χ0v) is 17.4. The first-order valence-corrected chi connectivity index (χ1v) is 11.5. The molecular weight excluding hydrogens is 394 g/mol. The molecule has 0 spiro atoms. The highest BCUT2D eigenvalue weighted by atomic mass is 32.2. The van der Waals surface area contributed by atoms with Gasteiger partial charge in [0.15, 0.2) is 9.84 Å². The van der Waals surface area contributed by atoms with Crippen LogP contribution in [0.4, 0.5) is 0 Å². The number of hydrogen-bond donors (Lipinski definition) is 1. The molecule has 5 nitrogen and oxygen atoms in total. The highest BCUT2D eigenvalue weighted by Gasteiger charge is 2.20. The van der Waals surface area contributed by atoms with Gasteiger partial charge in [0.25, 0.3) is 0 Å². The number of carbonyl (C=O) groups is 1. The molecule has 148 valence electrons. The molecule has 1 N–H and O–H groups in total. The summed E-state index contributed by atoms with van der Waals surface area (Å²) in [6.07, 6.45) is 1.82. The molecule has 2 aromatic heterocycles. The molecule has 1 atom stereocenters. The van der Waals surface area contributed by atoms with Crippen molar-refractivity contribution >= 4 is 27.1 Å². The van der Waals surface area contributed by atoms with Crippen molar-refractivity contribution in [2.24, 2.45) is 0 Å². The fourth-order valence-electron chi connectivity index (χ4n) is 2.85. The molecule has 7 heteroatoms. The van der Waals surface area contributed by atoms with Crippen molar-refractivity contribution in [3.63, 3.8) is 0 Å². The summed E-state index contributed by atoms with van der Waals surface area (Å²) in [6, 6.07) is 14.3. The number of hydrogen-bond acceptors (Lipinski definition) is 5. The summed E-state index contributed by atoms with van der Waals surface area (Å²) in [7, 11) is -3.30. The molecule has 0 saturated carbocycles. The predicted molar refractivity (Wildman–Crippen MR) is 110 cm³/mol. The van der Waals surface area contributed by atoms with E-state index in [0.717, 1.165) is 16.2 Å². The van der Waals surface area contributed by atoms with Crippen LogP contribution >= 0.6 is 11.3 Å². The Morgan fingerprint density at radius 2 is 1.86 bits per heavy atom. The average Bonchev–Trinajstić information content (AvgIpc) is 3.37. The van der Waals surface area contributed by atoms with Gasteiger partial charge in [0.05, 0.1) is 28.7 Å². The zero-order chi connectivity index (χ0) is 20.1. The molecule has 0 aliphatic carbocycles. The Balaban J connectivity index is 1.62. The zero-order valence-electron chi connectivity index (χ0n) is 15.8. The lowest BCUT2D eigenvalue weighted by Crippen LogP contribution is -2.29. The lowest BCUT2D eigenvalue weighted by Gasteiger charge is -2.14. The Labute approximate surface area is 169 Å². The molecule has 0 radical (unpaired) electrons. The summed E-state index contributed by atoms with van der Waals surface area (Å²) < 4.78 is 29.9. The molecule has 0 saturated heterocycles. The van der Waals surface area contributed by atoms with Crippen molar-refractivity contribution in [1.29, 1.82) is 0 Å². The third-order valence-corrected chi connectivity index (χ3v) is 7.67. The van der Waals surface area contributed by atoms with Gasteiger partial charge in [-0.3, -0.25) is 4.79 Å². The van der Waals surface area contributed by atoms with Gasteiger partial charge in [-0.1, -0.05) is 18.2 Å². The van der Waals surface area contributed by atoms with E-state index >= 15 is 0 Å². The van der Waals surface area contributed by atoms with Gasteiger partial charge in [0.2, 0.25) is 5.91 Å². The molecule has 0 bridgehead atoms. The number of amides is 1. The van der Waals surface area contributed by atoms with Gasteiger partial charge >= 0.3 is 0 Å². The van der Waals surface area contributed by atoms with E-state index in [1.165, 1.54) is 0 Å². The highest BCUT2D eigenvalue weighted by molar-refractivity contribution is 7.92. The average molecular weight is 418 g/mol. The summed E-state index contributed by atoms with van der Waals surface area (Å²) in [5.41, 5.74) is 0.769. The Hall–Kier alpha value is -2.38. The van der Waals surface area contributed by atoms with Gasteiger partial charge in [-0.2, -0.15) is 0 Å². The second-order valence-electron chi connectivity index (χ2n) is 6.80. The minimum atomic E-state index is -3.30. The topological polar surface area (TPSA) is 76.4 Å². The molecule has 0 fully saturated rings. The molecule has 2 heterocycles. The highest BCUT2D eigenvalue weighted by Crippen LogP contribution is 2.28. The number of carbonyl (C=O) groups excluding carboxylic acids is 1. The van der Waals surface area contributed by atoms with Crippen molar-refractivity contribution in [2.45, 2.75) is 36.3 Å². The SMILES string of the molecule is CC(C)S(=O)(=O)c1ccc(CC(=O)NCC(c2ccco2)c2cccs2)cc1. The Bertz CT molecular complexity index is 955. The standard InChI is InChI=1S/C21H23NO4S2/c1-15(2)28(24,25)17-9-7-16(8-10-17)13-21(23)22-14-18(19-5-3-11-26-19)20-6-4-12-27-20/h3-12,15,18H,13-14H2,1-2H3,(H,22,23). The third-order valence-electron chi connectivity index (χ3n) is 4.51. The maximum atomic E-state index is 12.4. The number of furan rings is 1. The number of benzene rings is 1. The molecule has 0 aliphatic rings. The Morgan fingerprint density at radius 3 is 2.43 bits per heavy atom. The summed E-state index contributed by atoms with van der Waals surface area (Å²) >= 11 is 1.62. The summed E-state index contributed by atoms with van der Waals surface area (Å²) in [6.45, 7) is 3.74. The van der Waals surface area contributed by atoms with Crippen LogP contribution in [0.1, 0.15) is 36.0 Å². The van der Waals surface area contributed by atoms with E-state index < -0.39 is 15.1 Å². The van der Waals surface area contributed by atoms with E-state index in [1.54, 1.807) is 55.7 Å². The second-order valence-corrected chi connectivity index (χ2v) is 10.3. The molecular formula is C21H23NO4S2. The molecule has 1 aromatic carbocycles. The fraction of sp³-hybridized carbons (Fsp3) is 0.286. The lowest BCUT2D eigenvalue weighted by atomic mass is 10.0. The number of nitrogens with one attached hydrogen (secondary N) is 1. The lowest BCUT2D eigenvalue weighted by molar-refractivity contribution is -0.120. The van der Waals surface area contributed by atoms with Gasteiger partial charge in [-0.25, -0.2) is 8.42 Å². The van der Waals surface area contributed by atoms with E-state index in [-0.39, 0.29) is 23.1 Å². The van der Waals surface area contributed by atoms with Crippen LogP contribution in [0.2, 0.25) is 0 Å². The van der Waals surface area contributed by atoms with Crippen LogP contribution in [0.3, 0.4) is 0 Å². The third kappa shape index (κ3) is 4.72. The van der Waals surface area contributed by atoms with Gasteiger partial charge in [0, 0.05) is 11.4 Å². The molecule has 1 unspecified atom stereocenters. The van der Waals surface area contributed by atoms with E-state index in [1.807, 2.05) is 29.6 Å². The van der Waals surface area contributed by atoms with Gasteiger partial charge in [-0.05, 0) is 55.1 Å². The van der Waals surface area contributed by atoms with E-state index in [2.05, 4.69) is 5.32 Å². The van der Waals surface area contributed by atoms with Crippen LogP contribution in [0.25, 0.3) is 0 Å². The molecule has 3 rings (SSSR count). The summed E-state index contributed by atoms with van der Waals surface area (Å²) in [4.78, 5) is 13.8. The van der Waals surface area contributed by atoms with Gasteiger partial charge in [0.1, 0.15) is 5.76 Å². The smallest absolute Gasteiger partial charge is 0.224 e. The maximum absolute atomic E-state index is 12.4. The fourth-order valence-corrected chi connectivity index (χ4v) is 4.75. The van der Waals surface area contributed by atoms with Crippen molar-refractivity contribution < 1.29 is 17.6 Å². The number of sulfone groups is 1. The minimum absolute atomic E-state index is 0.0301. The number of thiophene rings is 1. The van der Waals surface area contributed by atoms with Crippen molar-refractivity contribution in [2.75, 3.05) is 6.54 Å². The quantitative estimate of drug-likeness (QED) is 0.601. The van der Waals surface area contributed by atoms with Crippen LogP contribution in [0.5, 0.6) is 0 Å². The Kier molecular flexibility index (Phi) is 6.36. The Morgan fingerprint density at radius 1 is 1.11 bits per heavy atom. The monoisotopic (exact) mass is 417 g/mol. The van der Waals surface area contributed by atoms with Gasteiger partial charge in [-0.15, -0.1) is 11.3 Å². The minimum Gasteiger partial charge on any atom is -0.469 e. The van der Waals surface area contributed by atoms with Crippen LogP contribution in [0.15, 0.2) is 69.5 Å². The van der Waals surface area contributed by atoms with Gasteiger partial charge < -0.3 is 9.73 Å².